The van der Waals surface area contributed by atoms with Gasteiger partial charge in [0.25, 0.3) is 5.91 Å². The topological polar surface area (TPSA) is 123 Å². The van der Waals surface area contributed by atoms with Crippen molar-refractivity contribution in [2.24, 2.45) is 7.05 Å². The molecule has 0 aliphatic heterocycles. The number of nitrogens with zero attached hydrogens (tertiary/aromatic N) is 2. The van der Waals surface area contributed by atoms with Crippen molar-refractivity contribution in [3.05, 3.63) is 71.4 Å². The highest BCUT2D eigenvalue weighted by Gasteiger charge is 2.43. The summed E-state index contributed by atoms with van der Waals surface area (Å²) in [4.78, 5) is 37.0. The molecule has 0 spiro atoms. The molecule has 3 aromatic rings. The zero-order valence-electron chi connectivity index (χ0n) is 19.3. The Labute approximate surface area is 202 Å². The first-order valence-electron chi connectivity index (χ1n) is 11.6. The molecule has 0 unspecified atom stereocenters. The molecule has 1 saturated carbocycles. The minimum atomic E-state index is -1.27. The number of ether oxygens (including phenoxy) is 1. The van der Waals surface area contributed by atoms with Gasteiger partial charge in [0.15, 0.2) is 5.69 Å². The highest BCUT2D eigenvalue weighted by Crippen LogP contribution is 2.44. The van der Waals surface area contributed by atoms with E-state index < -0.39 is 23.5 Å². The van der Waals surface area contributed by atoms with Crippen LogP contribution in [0.1, 0.15) is 53.2 Å². The van der Waals surface area contributed by atoms with Crippen LogP contribution in [0, 0.1) is 0 Å². The van der Waals surface area contributed by atoms with Gasteiger partial charge in [0.2, 0.25) is 0 Å². The van der Waals surface area contributed by atoms with Crippen molar-refractivity contribution in [3.8, 4) is 11.1 Å². The minimum Gasteiger partial charge on any atom is -0.480 e. The Morgan fingerprint density at radius 2 is 1.66 bits per heavy atom. The second-order valence-corrected chi connectivity index (χ2v) is 9.04. The molecule has 2 aromatic carbocycles. The summed E-state index contributed by atoms with van der Waals surface area (Å²) < 4.78 is 6.90. The number of anilines is 1. The van der Waals surface area contributed by atoms with E-state index in [9.17, 15) is 19.5 Å². The average molecular weight is 475 g/mol. The van der Waals surface area contributed by atoms with Crippen LogP contribution in [0.3, 0.4) is 0 Å². The summed E-state index contributed by atoms with van der Waals surface area (Å²) in [7, 11) is 1.58. The molecule has 3 N–H and O–H groups in total. The number of benzene rings is 2. The van der Waals surface area contributed by atoms with Crippen LogP contribution in [-0.4, -0.2) is 45.0 Å². The molecular formula is C26H26N4O5. The summed E-state index contributed by atoms with van der Waals surface area (Å²) in [6, 6.07) is 17.6. The third kappa shape index (κ3) is 4.14. The van der Waals surface area contributed by atoms with E-state index in [1.807, 2.05) is 36.4 Å². The van der Waals surface area contributed by atoms with Crippen molar-refractivity contribution in [2.45, 2.75) is 37.1 Å². The number of aromatic nitrogens is 2. The number of hydrogen-bond donors (Lipinski definition) is 3. The smallest absolute Gasteiger partial charge is 0.412 e. The first kappa shape index (κ1) is 22.6. The maximum atomic E-state index is 12.7. The molecule has 5 rings (SSSR count). The van der Waals surface area contributed by atoms with E-state index in [1.54, 1.807) is 7.05 Å². The average Bonchev–Trinajstić information content (AvgIpc) is 3.55. The van der Waals surface area contributed by atoms with Crippen LogP contribution in [0.15, 0.2) is 54.6 Å². The standard InChI is InChI=1S/C26H26N4O5/c1-30-22(14-21(29-30)23(31)28-26(24(32)33)12-6-7-13-26)27-25(34)35-15-20-18-10-4-2-8-16(18)17-9-3-5-11-19(17)20/h2-5,8-11,14,20H,6-7,12-13,15H2,1H3,(H,27,34)(H,28,31)(H,32,33). The highest BCUT2D eigenvalue weighted by molar-refractivity contribution is 5.97. The fourth-order valence-corrected chi connectivity index (χ4v) is 5.09. The van der Waals surface area contributed by atoms with Gasteiger partial charge in [-0.1, -0.05) is 61.4 Å². The Bertz CT molecular complexity index is 1260. The molecule has 2 amide bonds. The molecule has 9 nitrogen and oxygen atoms in total. The van der Waals surface area contributed by atoms with E-state index in [-0.39, 0.29) is 24.0 Å². The minimum absolute atomic E-state index is 0.0222. The molecule has 1 aromatic heterocycles. The Kier molecular flexibility index (Phi) is 5.76. The van der Waals surface area contributed by atoms with Gasteiger partial charge in [0.1, 0.15) is 18.0 Å². The zero-order chi connectivity index (χ0) is 24.6. The van der Waals surface area contributed by atoms with Gasteiger partial charge in [0, 0.05) is 19.0 Å². The highest BCUT2D eigenvalue weighted by atomic mass is 16.5. The lowest BCUT2D eigenvalue weighted by Crippen LogP contribution is -2.52. The summed E-state index contributed by atoms with van der Waals surface area (Å²) in [6.07, 6.45) is 1.57. The Morgan fingerprint density at radius 3 is 2.26 bits per heavy atom. The number of rotatable bonds is 6. The van der Waals surface area contributed by atoms with Gasteiger partial charge in [-0.2, -0.15) is 5.10 Å². The lowest BCUT2D eigenvalue weighted by Gasteiger charge is -2.24. The van der Waals surface area contributed by atoms with E-state index in [4.69, 9.17) is 4.74 Å². The number of hydrogen-bond acceptors (Lipinski definition) is 5. The van der Waals surface area contributed by atoms with Gasteiger partial charge in [-0.25, -0.2) is 9.59 Å². The van der Waals surface area contributed by atoms with Crippen LogP contribution >= 0.6 is 0 Å². The van der Waals surface area contributed by atoms with Crippen LogP contribution < -0.4 is 10.6 Å². The number of carbonyl (C=O) groups excluding carboxylic acids is 2. The van der Waals surface area contributed by atoms with Gasteiger partial charge in [-0.3, -0.25) is 14.8 Å². The maximum absolute atomic E-state index is 12.7. The molecule has 180 valence electrons. The number of aryl methyl sites for hydroxylation is 1. The molecule has 0 bridgehead atoms. The van der Waals surface area contributed by atoms with Crippen LogP contribution in [0.5, 0.6) is 0 Å². The molecule has 35 heavy (non-hydrogen) atoms. The van der Waals surface area contributed by atoms with Gasteiger partial charge in [-0.05, 0) is 35.1 Å². The summed E-state index contributed by atoms with van der Waals surface area (Å²) in [6.45, 7) is 0.159. The molecule has 0 saturated heterocycles. The number of carboxylic acid groups (broad SMARTS) is 1. The fourth-order valence-electron chi connectivity index (χ4n) is 5.09. The number of amides is 2. The van der Waals surface area contributed by atoms with Crippen molar-refractivity contribution in [1.82, 2.24) is 15.1 Å². The van der Waals surface area contributed by atoms with Crippen molar-refractivity contribution < 1.29 is 24.2 Å². The lowest BCUT2D eigenvalue weighted by molar-refractivity contribution is -0.144. The van der Waals surface area contributed by atoms with Gasteiger partial charge < -0.3 is 15.2 Å². The summed E-state index contributed by atoms with van der Waals surface area (Å²) in [5, 5.41) is 19.0. The van der Waals surface area contributed by atoms with Crippen LogP contribution in [0.4, 0.5) is 10.6 Å². The summed E-state index contributed by atoms with van der Waals surface area (Å²) >= 11 is 0. The van der Waals surface area contributed by atoms with Crippen LogP contribution in [0.2, 0.25) is 0 Å². The number of carbonyl (C=O) groups is 3. The second-order valence-electron chi connectivity index (χ2n) is 9.04. The number of fused-ring (bicyclic) bond motifs is 3. The Hall–Kier alpha value is -4.14. The molecule has 2 aliphatic carbocycles. The van der Waals surface area contributed by atoms with E-state index >= 15 is 0 Å². The predicted molar refractivity (Wildman–Crippen MR) is 128 cm³/mol. The molecular weight excluding hydrogens is 448 g/mol. The van der Waals surface area contributed by atoms with Crippen molar-refractivity contribution in [1.29, 1.82) is 0 Å². The van der Waals surface area contributed by atoms with E-state index in [2.05, 4.69) is 27.9 Å². The van der Waals surface area contributed by atoms with Gasteiger partial charge >= 0.3 is 12.1 Å². The van der Waals surface area contributed by atoms with Gasteiger partial charge in [-0.15, -0.1) is 0 Å². The maximum Gasteiger partial charge on any atom is 0.412 e. The zero-order valence-corrected chi connectivity index (χ0v) is 19.3. The number of aliphatic carboxylic acids is 1. The van der Waals surface area contributed by atoms with E-state index in [0.29, 0.717) is 12.8 Å². The van der Waals surface area contributed by atoms with Gasteiger partial charge in [0.05, 0.1) is 0 Å². The number of nitrogens with one attached hydrogen (secondary N) is 2. The lowest BCUT2D eigenvalue weighted by atomic mass is 9.97. The first-order valence-corrected chi connectivity index (χ1v) is 11.6. The Morgan fingerprint density at radius 1 is 1.06 bits per heavy atom. The largest absolute Gasteiger partial charge is 0.480 e. The fraction of sp³-hybridized carbons (Fsp3) is 0.308. The Balaban J connectivity index is 1.24. The molecule has 1 heterocycles. The third-order valence-corrected chi connectivity index (χ3v) is 6.91. The molecule has 9 heteroatoms. The van der Waals surface area contributed by atoms with Crippen molar-refractivity contribution in [2.75, 3.05) is 11.9 Å². The molecule has 2 aliphatic rings. The predicted octanol–water partition coefficient (Wildman–Crippen LogP) is 3.91. The van der Waals surface area contributed by atoms with E-state index in [1.165, 1.54) is 10.7 Å². The monoisotopic (exact) mass is 474 g/mol. The van der Waals surface area contributed by atoms with Crippen LogP contribution in [-0.2, 0) is 16.6 Å². The normalized spacial score (nSPS) is 15.8. The van der Waals surface area contributed by atoms with Crippen molar-refractivity contribution >= 4 is 23.8 Å². The molecule has 0 atom stereocenters. The summed E-state index contributed by atoms with van der Waals surface area (Å²) in [5.41, 5.74) is 3.26. The third-order valence-electron chi connectivity index (χ3n) is 6.91. The SMILES string of the molecule is Cn1nc(C(=O)NC2(C(=O)O)CCCC2)cc1NC(=O)OCC1c2ccccc2-c2ccccc21. The van der Waals surface area contributed by atoms with Crippen molar-refractivity contribution in [3.63, 3.8) is 0 Å². The summed E-state index contributed by atoms with van der Waals surface area (Å²) in [5.74, 6) is -1.44. The molecule has 1 fully saturated rings. The second kappa shape index (κ2) is 8.90. The molecule has 0 radical (unpaired) electrons. The van der Waals surface area contributed by atoms with E-state index in [0.717, 1.165) is 35.1 Å². The quantitative estimate of drug-likeness (QED) is 0.498. The number of carboxylic acids is 1. The first-order chi connectivity index (χ1) is 16.9. The van der Waals surface area contributed by atoms with Crippen LogP contribution in [0.25, 0.3) is 11.1 Å².